The monoisotopic (exact) mass is 264 g/mol. The number of halogens is 1. The quantitative estimate of drug-likeness (QED) is 0.825. The Bertz CT molecular complexity index is 519. The molecule has 2 rings (SSSR count). The van der Waals surface area contributed by atoms with E-state index in [4.69, 9.17) is 17.3 Å². The Hall–Kier alpha value is -2.08. The second-order valence-electron chi connectivity index (χ2n) is 3.86. The van der Waals surface area contributed by atoms with Gasteiger partial charge in [0, 0.05) is 20.2 Å². The zero-order valence-corrected chi connectivity index (χ0v) is 10.8. The first-order valence-electron chi connectivity index (χ1n) is 5.25. The number of nitrogens with one attached hydrogen (secondary N) is 1. The minimum Gasteiger partial charge on any atom is -0.368 e. The van der Waals surface area contributed by atoms with E-state index < -0.39 is 0 Å². The van der Waals surface area contributed by atoms with Crippen LogP contribution in [0, 0.1) is 0 Å². The Morgan fingerprint density at radius 3 is 2.61 bits per heavy atom. The number of aromatic nitrogens is 3. The van der Waals surface area contributed by atoms with Crippen molar-refractivity contribution in [3.05, 3.63) is 29.5 Å². The number of anilines is 4. The minimum atomic E-state index is 0.128. The van der Waals surface area contributed by atoms with Crippen LogP contribution in [0.25, 0.3) is 0 Å². The molecule has 2 heterocycles. The molecule has 0 saturated heterocycles. The first-order chi connectivity index (χ1) is 8.54. The van der Waals surface area contributed by atoms with Gasteiger partial charge >= 0.3 is 0 Å². The fourth-order valence-electron chi connectivity index (χ4n) is 1.37. The molecule has 0 amide bonds. The highest BCUT2D eigenvalue weighted by atomic mass is 35.5. The molecule has 2 aromatic rings. The minimum absolute atomic E-state index is 0.128. The van der Waals surface area contributed by atoms with Gasteiger partial charge in [-0.1, -0.05) is 11.6 Å². The topological polar surface area (TPSA) is 80.0 Å². The highest BCUT2D eigenvalue weighted by Crippen LogP contribution is 2.19. The van der Waals surface area contributed by atoms with Crippen molar-refractivity contribution in [1.82, 2.24) is 15.0 Å². The van der Waals surface area contributed by atoms with E-state index in [-0.39, 0.29) is 5.95 Å². The van der Waals surface area contributed by atoms with E-state index >= 15 is 0 Å². The number of nitrogen functional groups attached to an aromatic ring is 1. The Morgan fingerprint density at radius 1 is 1.28 bits per heavy atom. The average molecular weight is 265 g/mol. The van der Waals surface area contributed by atoms with Crippen molar-refractivity contribution in [3.63, 3.8) is 0 Å². The molecule has 0 saturated carbocycles. The summed E-state index contributed by atoms with van der Waals surface area (Å²) in [6, 6.07) is 5.39. The predicted molar refractivity (Wildman–Crippen MR) is 73.3 cm³/mol. The first kappa shape index (κ1) is 12.4. The molecule has 7 heteroatoms. The molecule has 0 bridgehead atoms. The zero-order chi connectivity index (χ0) is 13.1. The van der Waals surface area contributed by atoms with Crippen LogP contribution in [0.3, 0.4) is 0 Å². The molecule has 3 N–H and O–H groups in total. The van der Waals surface area contributed by atoms with E-state index in [0.717, 1.165) is 11.5 Å². The van der Waals surface area contributed by atoms with E-state index in [2.05, 4.69) is 20.3 Å². The molecule has 0 spiro atoms. The second kappa shape index (κ2) is 5.05. The number of rotatable bonds is 3. The van der Waals surface area contributed by atoms with Gasteiger partial charge in [-0.15, -0.1) is 0 Å². The van der Waals surface area contributed by atoms with Gasteiger partial charge in [0.05, 0.1) is 11.9 Å². The van der Waals surface area contributed by atoms with Crippen LogP contribution in [0.15, 0.2) is 24.4 Å². The van der Waals surface area contributed by atoms with Crippen LogP contribution in [0.5, 0.6) is 0 Å². The highest BCUT2D eigenvalue weighted by Gasteiger charge is 2.02. The van der Waals surface area contributed by atoms with E-state index in [1.165, 1.54) is 0 Å². The summed E-state index contributed by atoms with van der Waals surface area (Å²) in [6.45, 7) is 0. The maximum Gasteiger partial charge on any atom is 0.223 e. The normalized spacial score (nSPS) is 10.2. The highest BCUT2D eigenvalue weighted by molar-refractivity contribution is 6.29. The third kappa shape index (κ3) is 2.98. The summed E-state index contributed by atoms with van der Waals surface area (Å²) >= 11 is 5.79. The van der Waals surface area contributed by atoms with Gasteiger partial charge in [-0.25, -0.2) is 9.97 Å². The van der Waals surface area contributed by atoms with Gasteiger partial charge in [0.1, 0.15) is 16.8 Å². The molecule has 0 aromatic carbocycles. The van der Waals surface area contributed by atoms with Crippen LogP contribution in [-0.4, -0.2) is 29.0 Å². The number of nitrogens with zero attached hydrogens (tertiary/aromatic N) is 4. The summed E-state index contributed by atoms with van der Waals surface area (Å²) in [5.41, 5.74) is 6.31. The van der Waals surface area contributed by atoms with Crippen LogP contribution in [0.4, 0.5) is 23.3 Å². The molecule has 0 aliphatic rings. The molecule has 0 aliphatic carbocycles. The lowest BCUT2D eigenvalue weighted by Gasteiger charge is -2.12. The van der Waals surface area contributed by atoms with Crippen LogP contribution >= 0.6 is 11.6 Å². The first-order valence-corrected chi connectivity index (χ1v) is 5.63. The van der Waals surface area contributed by atoms with Gasteiger partial charge in [0.25, 0.3) is 0 Å². The van der Waals surface area contributed by atoms with E-state index in [0.29, 0.717) is 11.0 Å². The van der Waals surface area contributed by atoms with Crippen LogP contribution in [0.2, 0.25) is 5.15 Å². The van der Waals surface area contributed by atoms with Crippen molar-refractivity contribution in [1.29, 1.82) is 0 Å². The molecule has 0 aliphatic heterocycles. The standard InChI is InChI=1S/C11H13ClN6/c1-18(2)10-4-3-7(6-14-10)15-9-5-8(12)16-11(13)17-9/h3-6H,1-2H3,(H3,13,15,16,17). The molecule has 0 radical (unpaired) electrons. The molecular formula is C11H13ClN6. The summed E-state index contributed by atoms with van der Waals surface area (Å²) in [7, 11) is 3.86. The fourth-order valence-corrected chi connectivity index (χ4v) is 1.56. The van der Waals surface area contributed by atoms with Crippen molar-refractivity contribution in [2.45, 2.75) is 0 Å². The van der Waals surface area contributed by atoms with Crippen molar-refractivity contribution < 1.29 is 0 Å². The van der Waals surface area contributed by atoms with Crippen molar-refractivity contribution in [3.8, 4) is 0 Å². The summed E-state index contributed by atoms with van der Waals surface area (Å²) in [4.78, 5) is 14.0. The summed E-state index contributed by atoms with van der Waals surface area (Å²) in [5.74, 6) is 1.54. The largest absolute Gasteiger partial charge is 0.368 e. The van der Waals surface area contributed by atoms with Gasteiger partial charge < -0.3 is 16.0 Å². The molecule has 6 nitrogen and oxygen atoms in total. The summed E-state index contributed by atoms with van der Waals surface area (Å²) < 4.78 is 0. The Labute approximate surface area is 110 Å². The molecule has 0 unspecified atom stereocenters. The van der Waals surface area contributed by atoms with Gasteiger partial charge in [-0.05, 0) is 12.1 Å². The molecule has 0 fully saturated rings. The number of hydrogen-bond acceptors (Lipinski definition) is 6. The van der Waals surface area contributed by atoms with Crippen LogP contribution in [0.1, 0.15) is 0 Å². The second-order valence-corrected chi connectivity index (χ2v) is 4.25. The number of pyridine rings is 1. The lowest BCUT2D eigenvalue weighted by molar-refractivity contribution is 1.07. The van der Waals surface area contributed by atoms with Crippen molar-refractivity contribution in [2.24, 2.45) is 0 Å². The van der Waals surface area contributed by atoms with Gasteiger partial charge in [-0.3, -0.25) is 0 Å². The van der Waals surface area contributed by atoms with E-state index in [1.54, 1.807) is 12.3 Å². The molecule has 0 atom stereocenters. The van der Waals surface area contributed by atoms with Gasteiger partial charge in [-0.2, -0.15) is 4.98 Å². The van der Waals surface area contributed by atoms with Gasteiger partial charge in [0.15, 0.2) is 0 Å². The Kier molecular flexibility index (Phi) is 3.47. The fraction of sp³-hybridized carbons (Fsp3) is 0.182. The lowest BCUT2D eigenvalue weighted by atomic mass is 10.4. The maximum atomic E-state index is 5.79. The number of hydrogen-bond donors (Lipinski definition) is 2. The van der Waals surface area contributed by atoms with Crippen LogP contribution in [-0.2, 0) is 0 Å². The lowest BCUT2D eigenvalue weighted by Crippen LogP contribution is -2.10. The molecular weight excluding hydrogens is 252 g/mol. The Morgan fingerprint density at radius 2 is 2.06 bits per heavy atom. The van der Waals surface area contributed by atoms with E-state index in [1.807, 2.05) is 31.1 Å². The summed E-state index contributed by atoms with van der Waals surface area (Å²) in [5, 5.41) is 3.35. The van der Waals surface area contributed by atoms with Crippen molar-refractivity contribution in [2.75, 3.05) is 30.0 Å². The van der Waals surface area contributed by atoms with Crippen molar-refractivity contribution >= 4 is 34.9 Å². The Balaban J connectivity index is 2.18. The number of nitrogens with two attached hydrogens (primary N) is 1. The van der Waals surface area contributed by atoms with E-state index in [9.17, 15) is 0 Å². The average Bonchev–Trinajstić information content (AvgIpc) is 2.28. The summed E-state index contributed by atoms with van der Waals surface area (Å²) in [6.07, 6.45) is 1.71. The molecule has 2 aromatic heterocycles. The predicted octanol–water partition coefficient (Wildman–Crippen LogP) is 1.92. The maximum absolute atomic E-state index is 5.79. The molecule has 18 heavy (non-hydrogen) atoms. The smallest absolute Gasteiger partial charge is 0.223 e. The third-order valence-corrected chi connectivity index (χ3v) is 2.38. The van der Waals surface area contributed by atoms with Crippen LogP contribution < -0.4 is 16.0 Å². The third-order valence-electron chi connectivity index (χ3n) is 2.19. The molecule has 94 valence electrons. The van der Waals surface area contributed by atoms with Gasteiger partial charge in [0.2, 0.25) is 5.95 Å². The SMILES string of the molecule is CN(C)c1ccc(Nc2cc(Cl)nc(N)n2)cn1. The zero-order valence-electron chi connectivity index (χ0n) is 10.1.